The quantitative estimate of drug-likeness (QED) is 0.242. The molecule has 37 heavy (non-hydrogen) atoms. The van der Waals surface area contributed by atoms with E-state index in [1.807, 2.05) is 18.2 Å². The summed E-state index contributed by atoms with van der Waals surface area (Å²) in [6.07, 6.45) is 5.35. The van der Waals surface area contributed by atoms with E-state index in [4.69, 9.17) is 4.74 Å². The van der Waals surface area contributed by atoms with E-state index >= 15 is 0 Å². The van der Waals surface area contributed by atoms with Crippen LogP contribution in [-0.4, -0.2) is 48.3 Å². The van der Waals surface area contributed by atoms with Gasteiger partial charge in [-0.1, -0.05) is 11.8 Å². The van der Waals surface area contributed by atoms with Crippen LogP contribution in [0.15, 0.2) is 36.5 Å². The molecule has 1 saturated heterocycles. The van der Waals surface area contributed by atoms with Crippen LogP contribution in [0.25, 0.3) is 10.9 Å². The van der Waals surface area contributed by atoms with Crippen LogP contribution in [0.3, 0.4) is 0 Å². The van der Waals surface area contributed by atoms with Crippen LogP contribution in [0, 0.1) is 34.7 Å². The van der Waals surface area contributed by atoms with E-state index in [0.29, 0.717) is 43.4 Å². The van der Waals surface area contributed by atoms with Gasteiger partial charge in [0.15, 0.2) is 11.6 Å². The maximum atomic E-state index is 13.8. The Morgan fingerprint density at radius 2 is 1.92 bits per heavy atom. The molecule has 0 saturated carbocycles. The molecule has 1 aliphatic heterocycles. The van der Waals surface area contributed by atoms with Crippen molar-refractivity contribution in [3.05, 3.63) is 70.7 Å². The second-order valence-electron chi connectivity index (χ2n) is 9.62. The fraction of sp³-hybridized carbons (Fsp3) is 0.414. The van der Waals surface area contributed by atoms with Gasteiger partial charge in [-0.05, 0) is 80.4 Å². The van der Waals surface area contributed by atoms with Crippen molar-refractivity contribution in [2.75, 3.05) is 33.4 Å². The predicted molar refractivity (Wildman–Crippen MR) is 134 cm³/mol. The van der Waals surface area contributed by atoms with Crippen molar-refractivity contribution in [3.63, 3.8) is 0 Å². The van der Waals surface area contributed by atoms with Crippen LogP contribution in [-0.2, 0) is 13.1 Å². The van der Waals surface area contributed by atoms with Gasteiger partial charge >= 0.3 is 0 Å². The fourth-order valence-electron chi connectivity index (χ4n) is 5.01. The van der Waals surface area contributed by atoms with Gasteiger partial charge in [0.25, 0.3) is 0 Å². The summed E-state index contributed by atoms with van der Waals surface area (Å²) < 4.78 is 59.6. The van der Waals surface area contributed by atoms with Gasteiger partial charge in [0.05, 0.1) is 24.7 Å². The molecular weight excluding hydrogens is 484 g/mol. The van der Waals surface area contributed by atoms with E-state index in [9.17, 15) is 22.7 Å². The number of likely N-dealkylation sites (tertiary alicyclic amines) is 1. The predicted octanol–water partition coefficient (Wildman–Crippen LogP) is 5.58. The van der Waals surface area contributed by atoms with Crippen molar-refractivity contribution < 1.29 is 27.4 Å². The minimum Gasteiger partial charge on any atom is -0.497 e. The lowest BCUT2D eigenvalue weighted by Gasteiger charge is -2.40. The first-order valence-electron chi connectivity index (χ1n) is 12.3. The summed E-state index contributed by atoms with van der Waals surface area (Å²) >= 11 is 0. The van der Waals surface area contributed by atoms with Crippen molar-refractivity contribution in [1.82, 2.24) is 9.88 Å². The number of aliphatic hydroxyl groups excluding tert-OH is 1. The lowest BCUT2D eigenvalue weighted by atomic mass is 9.75. The van der Waals surface area contributed by atoms with Gasteiger partial charge in [0.2, 0.25) is 0 Å². The Bertz CT molecular complexity index is 1310. The average molecular weight is 515 g/mol. The standard InChI is InChI=1S/C29H30F4N2O2/c1-37-23-6-7-27-25(16-23)24(21(17-30)18-34-27)5-2-8-29(19-36)9-12-35(13-10-29)11-3-4-20-14-22(31)15-26(32)28(20)33/h6-7,14-16,18,36H,2,5,8-13,17,19H2,1H3. The molecule has 0 unspecified atom stereocenters. The van der Waals surface area contributed by atoms with Crippen molar-refractivity contribution in [2.45, 2.75) is 38.8 Å². The highest BCUT2D eigenvalue weighted by atomic mass is 19.2. The number of hydrogen-bond acceptors (Lipinski definition) is 4. The molecule has 0 amide bonds. The molecule has 0 radical (unpaired) electrons. The number of fused-ring (bicyclic) bond motifs is 1. The monoisotopic (exact) mass is 514 g/mol. The molecule has 0 atom stereocenters. The fourth-order valence-corrected chi connectivity index (χ4v) is 5.01. The molecule has 2 heterocycles. The Hall–Kier alpha value is -3.15. The lowest BCUT2D eigenvalue weighted by molar-refractivity contribution is 0.0401. The third-order valence-electron chi connectivity index (χ3n) is 7.32. The molecular formula is C29H30F4N2O2. The average Bonchev–Trinajstić information content (AvgIpc) is 2.92. The third kappa shape index (κ3) is 6.23. The van der Waals surface area contributed by atoms with E-state index in [0.717, 1.165) is 48.2 Å². The summed E-state index contributed by atoms with van der Waals surface area (Å²) in [5.74, 6) is 2.74. The van der Waals surface area contributed by atoms with E-state index in [2.05, 4.69) is 21.7 Å². The maximum absolute atomic E-state index is 13.8. The number of hydrogen-bond donors (Lipinski definition) is 1. The molecule has 8 heteroatoms. The zero-order chi connectivity index (χ0) is 26.4. The molecule has 0 spiro atoms. The summed E-state index contributed by atoms with van der Waals surface area (Å²) in [6.45, 7) is 1.19. The molecule has 3 aromatic rings. The molecule has 0 bridgehead atoms. The van der Waals surface area contributed by atoms with Crippen molar-refractivity contribution in [3.8, 4) is 17.6 Å². The third-order valence-corrected chi connectivity index (χ3v) is 7.32. The number of benzene rings is 2. The van der Waals surface area contributed by atoms with Gasteiger partial charge < -0.3 is 9.84 Å². The minimum atomic E-state index is -1.26. The first kappa shape index (κ1) is 26.9. The van der Waals surface area contributed by atoms with Crippen LogP contribution >= 0.6 is 0 Å². The summed E-state index contributed by atoms with van der Waals surface area (Å²) in [7, 11) is 1.59. The van der Waals surface area contributed by atoms with Crippen LogP contribution < -0.4 is 4.74 Å². The Morgan fingerprint density at radius 1 is 1.14 bits per heavy atom. The number of aryl methyl sites for hydroxylation is 1. The second kappa shape index (κ2) is 11.9. The van der Waals surface area contributed by atoms with E-state index in [1.54, 1.807) is 13.3 Å². The number of aromatic nitrogens is 1. The summed E-state index contributed by atoms with van der Waals surface area (Å²) in [5, 5.41) is 11.1. The maximum Gasteiger partial charge on any atom is 0.174 e. The molecule has 1 aromatic heterocycles. The molecule has 4 nitrogen and oxygen atoms in total. The number of halogens is 4. The van der Waals surface area contributed by atoms with Crippen LogP contribution in [0.2, 0.25) is 0 Å². The molecule has 4 rings (SSSR count). The number of piperidine rings is 1. The number of nitrogens with zero attached hydrogens (tertiary/aromatic N) is 2. The normalized spacial score (nSPS) is 15.4. The van der Waals surface area contributed by atoms with Crippen LogP contribution in [0.4, 0.5) is 17.6 Å². The van der Waals surface area contributed by atoms with Gasteiger partial charge in [0, 0.05) is 29.8 Å². The smallest absolute Gasteiger partial charge is 0.174 e. The first-order valence-corrected chi connectivity index (χ1v) is 12.3. The zero-order valence-corrected chi connectivity index (χ0v) is 20.8. The molecule has 2 aromatic carbocycles. The number of ether oxygens (including phenoxy) is 1. The number of rotatable bonds is 8. The van der Waals surface area contributed by atoms with E-state index in [-0.39, 0.29) is 17.6 Å². The summed E-state index contributed by atoms with van der Waals surface area (Å²) in [5.41, 5.74) is 1.75. The molecule has 1 fully saturated rings. The van der Waals surface area contributed by atoms with Gasteiger partial charge in [-0.2, -0.15) is 0 Å². The summed E-state index contributed by atoms with van der Waals surface area (Å²) in [6, 6.07) is 6.97. The SMILES string of the molecule is COc1ccc2ncc(CF)c(CCCC3(CO)CCN(CC#Cc4cc(F)cc(F)c4F)CC3)c2c1. The molecule has 1 aliphatic rings. The Morgan fingerprint density at radius 3 is 2.62 bits per heavy atom. The van der Waals surface area contributed by atoms with Crippen molar-refractivity contribution in [1.29, 1.82) is 0 Å². The zero-order valence-electron chi connectivity index (χ0n) is 20.8. The Balaban J connectivity index is 1.36. The van der Waals surface area contributed by atoms with E-state index < -0.39 is 24.1 Å². The number of alkyl halides is 1. The molecule has 1 N–H and O–H groups in total. The van der Waals surface area contributed by atoms with Gasteiger partial charge in [-0.15, -0.1) is 0 Å². The molecule has 196 valence electrons. The van der Waals surface area contributed by atoms with Crippen LogP contribution in [0.5, 0.6) is 5.75 Å². The highest BCUT2D eigenvalue weighted by molar-refractivity contribution is 5.84. The Kier molecular flexibility index (Phi) is 8.67. The van der Waals surface area contributed by atoms with Crippen molar-refractivity contribution >= 4 is 10.9 Å². The van der Waals surface area contributed by atoms with Crippen LogP contribution in [0.1, 0.15) is 42.4 Å². The number of aliphatic hydroxyl groups is 1. The van der Waals surface area contributed by atoms with Gasteiger partial charge in [-0.3, -0.25) is 9.88 Å². The second-order valence-corrected chi connectivity index (χ2v) is 9.62. The highest BCUT2D eigenvalue weighted by Gasteiger charge is 2.33. The van der Waals surface area contributed by atoms with Gasteiger partial charge in [-0.25, -0.2) is 17.6 Å². The molecule has 0 aliphatic carbocycles. The number of methoxy groups -OCH3 is 1. The van der Waals surface area contributed by atoms with Gasteiger partial charge in [0.1, 0.15) is 18.2 Å². The van der Waals surface area contributed by atoms with E-state index in [1.165, 1.54) is 0 Å². The van der Waals surface area contributed by atoms with Crippen molar-refractivity contribution in [2.24, 2.45) is 5.41 Å². The summed E-state index contributed by atoms with van der Waals surface area (Å²) in [4.78, 5) is 6.45. The topological polar surface area (TPSA) is 45.6 Å². The largest absolute Gasteiger partial charge is 0.497 e. The Labute approximate surface area is 214 Å². The first-order chi connectivity index (χ1) is 17.9. The highest BCUT2D eigenvalue weighted by Crippen LogP contribution is 2.37. The minimum absolute atomic E-state index is 0.0567. The number of pyridine rings is 1. The lowest BCUT2D eigenvalue weighted by Crippen LogP contribution is -2.42.